The second-order valence-corrected chi connectivity index (χ2v) is 5.93. The van der Waals surface area contributed by atoms with Gasteiger partial charge >= 0.3 is 0 Å². The van der Waals surface area contributed by atoms with E-state index in [0.29, 0.717) is 18.9 Å². The lowest BCUT2D eigenvalue weighted by Gasteiger charge is -2.35. The predicted molar refractivity (Wildman–Crippen MR) is 86.4 cm³/mol. The number of ether oxygens (including phenoxy) is 2. The molecule has 0 saturated carbocycles. The van der Waals surface area contributed by atoms with Crippen LogP contribution in [0.25, 0.3) is 11.4 Å². The SMILES string of the molecule is COc1cccc(-c2nnn(CC(=O)N3CC(C)OC(C)C3)n2)c1. The first-order valence-electron chi connectivity index (χ1n) is 7.90. The highest BCUT2D eigenvalue weighted by atomic mass is 16.5. The van der Waals surface area contributed by atoms with Crippen LogP contribution in [-0.2, 0) is 16.1 Å². The third-order valence-corrected chi connectivity index (χ3v) is 3.83. The summed E-state index contributed by atoms with van der Waals surface area (Å²) in [6.45, 7) is 5.16. The van der Waals surface area contributed by atoms with Gasteiger partial charge in [0.05, 0.1) is 19.3 Å². The molecular formula is C16H21N5O3. The summed E-state index contributed by atoms with van der Waals surface area (Å²) in [5.74, 6) is 1.15. The van der Waals surface area contributed by atoms with E-state index >= 15 is 0 Å². The van der Waals surface area contributed by atoms with E-state index in [0.717, 1.165) is 11.3 Å². The van der Waals surface area contributed by atoms with Crippen LogP contribution in [0.1, 0.15) is 13.8 Å². The first-order valence-corrected chi connectivity index (χ1v) is 7.90. The lowest BCUT2D eigenvalue weighted by molar-refractivity contribution is -0.144. The molecular weight excluding hydrogens is 310 g/mol. The molecule has 1 saturated heterocycles. The monoisotopic (exact) mass is 331 g/mol. The molecule has 2 aromatic rings. The average Bonchev–Trinajstić information content (AvgIpc) is 3.02. The van der Waals surface area contributed by atoms with Crippen LogP contribution in [0, 0.1) is 0 Å². The number of amides is 1. The topological polar surface area (TPSA) is 82.4 Å². The number of tetrazole rings is 1. The highest BCUT2D eigenvalue weighted by Gasteiger charge is 2.26. The zero-order valence-electron chi connectivity index (χ0n) is 14.0. The van der Waals surface area contributed by atoms with Gasteiger partial charge in [0.25, 0.3) is 0 Å². The molecule has 0 spiro atoms. The Morgan fingerprint density at radius 2 is 2.08 bits per heavy atom. The van der Waals surface area contributed by atoms with E-state index in [-0.39, 0.29) is 24.7 Å². The second-order valence-electron chi connectivity index (χ2n) is 5.93. The Kier molecular flexibility index (Phi) is 4.75. The molecule has 3 rings (SSSR count). The first kappa shape index (κ1) is 16.4. The number of carbonyl (C=O) groups is 1. The summed E-state index contributed by atoms with van der Waals surface area (Å²) in [5, 5.41) is 12.3. The van der Waals surface area contributed by atoms with Crippen molar-refractivity contribution in [2.24, 2.45) is 0 Å². The summed E-state index contributed by atoms with van der Waals surface area (Å²) in [5.41, 5.74) is 0.793. The molecule has 8 heteroatoms. The molecule has 0 aliphatic carbocycles. The quantitative estimate of drug-likeness (QED) is 0.831. The van der Waals surface area contributed by atoms with Crippen molar-refractivity contribution in [1.29, 1.82) is 0 Å². The largest absolute Gasteiger partial charge is 0.497 e. The molecule has 1 aromatic carbocycles. The molecule has 128 valence electrons. The van der Waals surface area contributed by atoms with Gasteiger partial charge in [0, 0.05) is 18.7 Å². The number of benzene rings is 1. The number of morpholine rings is 1. The van der Waals surface area contributed by atoms with Crippen molar-refractivity contribution < 1.29 is 14.3 Å². The van der Waals surface area contributed by atoms with Crippen molar-refractivity contribution in [3.05, 3.63) is 24.3 Å². The first-order chi connectivity index (χ1) is 11.5. The van der Waals surface area contributed by atoms with Crippen LogP contribution in [0.15, 0.2) is 24.3 Å². The van der Waals surface area contributed by atoms with E-state index in [1.807, 2.05) is 38.1 Å². The number of hydrogen-bond acceptors (Lipinski definition) is 6. The minimum Gasteiger partial charge on any atom is -0.497 e. The molecule has 2 atom stereocenters. The smallest absolute Gasteiger partial charge is 0.246 e. The Bertz CT molecular complexity index is 707. The maximum absolute atomic E-state index is 12.4. The van der Waals surface area contributed by atoms with Gasteiger partial charge in [0.2, 0.25) is 11.7 Å². The molecule has 24 heavy (non-hydrogen) atoms. The van der Waals surface area contributed by atoms with Crippen molar-refractivity contribution in [2.75, 3.05) is 20.2 Å². The Morgan fingerprint density at radius 1 is 1.33 bits per heavy atom. The molecule has 1 aliphatic rings. The van der Waals surface area contributed by atoms with E-state index in [9.17, 15) is 4.79 Å². The predicted octanol–water partition coefficient (Wildman–Crippen LogP) is 0.984. The molecule has 1 aromatic heterocycles. The van der Waals surface area contributed by atoms with Gasteiger partial charge in [-0.3, -0.25) is 4.79 Å². The highest BCUT2D eigenvalue weighted by molar-refractivity contribution is 5.76. The standard InChI is InChI=1S/C16H21N5O3/c1-11-8-20(9-12(2)24-11)15(22)10-21-18-16(17-19-21)13-5-4-6-14(7-13)23-3/h4-7,11-12H,8-10H2,1-3H3. The maximum atomic E-state index is 12.4. The number of carbonyl (C=O) groups excluding carboxylic acids is 1. The molecule has 1 aliphatic heterocycles. The minimum atomic E-state index is -0.0356. The third kappa shape index (κ3) is 3.70. The number of nitrogens with zero attached hydrogens (tertiary/aromatic N) is 5. The van der Waals surface area contributed by atoms with Crippen LogP contribution in [-0.4, -0.2) is 63.4 Å². The van der Waals surface area contributed by atoms with Crippen molar-refractivity contribution in [3.63, 3.8) is 0 Å². The zero-order chi connectivity index (χ0) is 17.1. The number of aromatic nitrogens is 4. The fourth-order valence-electron chi connectivity index (χ4n) is 2.79. The molecule has 2 heterocycles. The van der Waals surface area contributed by atoms with Crippen molar-refractivity contribution in [3.8, 4) is 17.1 Å². The summed E-state index contributed by atoms with van der Waals surface area (Å²) in [6, 6.07) is 7.40. The fourth-order valence-corrected chi connectivity index (χ4v) is 2.79. The van der Waals surface area contributed by atoms with Crippen molar-refractivity contribution in [1.82, 2.24) is 25.1 Å². The molecule has 0 radical (unpaired) electrons. The molecule has 1 amide bonds. The van der Waals surface area contributed by atoms with Crippen LogP contribution in [0.4, 0.5) is 0 Å². The van der Waals surface area contributed by atoms with Gasteiger partial charge in [-0.1, -0.05) is 12.1 Å². The second kappa shape index (κ2) is 6.96. The van der Waals surface area contributed by atoms with Gasteiger partial charge < -0.3 is 14.4 Å². The Hall–Kier alpha value is -2.48. The highest BCUT2D eigenvalue weighted by Crippen LogP contribution is 2.19. The maximum Gasteiger partial charge on any atom is 0.246 e. The summed E-state index contributed by atoms with van der Waals surface area (Å²) in [6.07, 6.45) is 0.0718. The van der Waals surface area contributed by atoms with E-state index in [1.165, 1.54) is 4.80 Å². The van der Waals surface area contributed by atoms with Gasteiger partial charge in [-0.15, -0.1) is 10.2 Å². The summed E-state index contributed by atoms with van der Waals surface area (Å²) < 4.78 is 10.8. The van der Waals surface area contributed by atoms with Crippen LogP contribution < -0.4 is 4.74 Å². The number of hydrogen-bond donors (Lipinski definition) is 0. The van der Waals surface area contributed by atoms with Gasteiger partial charge in [0.1, 0.15) is 12.3 Å². The number of methoxy groups -OCH3 is 1. The van der Waals surface area contributed by atoms with E-state index in [1.54, 1.807) is 12.0 Å². The average molecular weight is 331 g/mol. The zero-order valence-corrected chi connectivity index (χ0v) is 14.0. The van der Waals surface area contributed by atoms with E-state index < -0.39 is 0 Å². The Morgan fingerprint density at radius 3 is 2.79 bits per heavy atom. The van der Waals surface area contributed by atoms with Crippen LogP contribution in [0.5, 0.6) is 5.75 Å². The Balaban J connectivity index is 1.68. The van der Waals surface area contributed by atoms with Crippen LogP contribution in [0.2, 0.25) is 0 Å². The van der Waals surface area contributed by atoms with Gasteiger partial charge in [0.15, 0.2) is 0 Å². The molecule has 8 nitrogen and oxygen atoms in total. The van der Waals surface area contributed by atoms with Crippen molar-refractivity contribution >= 4 is 5.91 Å². The van der Waals surface area contributed by atoms with Crippen LogP contribution in [0.3, 0.4) is 0 Å². The summed E-state index contributed by atoms with van der Waals surface area (Å²) in [4.78, 5) is 15.5. The lowest BCUT2D eigenvalue weighted by atomic mass is 10.2. The van der Waals surface area contributed by atoms with E-state index in [2.05, 4.69) is 15.4 Å². The van der Waals surface area contributed by atoms with Crippen LogP contribution >= 0.6 is 0 Å². The summed E-state index contributed by atoms with van der Waals surface area (Å²) in [7, 11) is 1.60. The minimum absolute atomic E-state index is 0.0356. The van der Waals surface area contributed by atoms with Gasteiger partial charge in [-0.2, -0.15) is 4.80 Å². The molecule has 1 fully saturated rings. The van der Waals surface area contributed by atoms with E-state index in [4.69, 9.17) is 9.47 Å². The van der Waals surface area contributed by atoms with Gasteiger partial charge in [-0.05, 0) is 31.2 Å². The molecule has 2 unspecified atom stereocenters. The number of rotatable bonds is 4. The third-order valence-electron chi connectivity index (χ3n) is 3.83. The summed E-state index contributed by atoms with van der Waals surface area (Å²) >= 11 is 0. The molecule has 0 bridgehead atoms. The fraction of sp³-hybridized carbons (Fsp3) is 0.500. The van der Waals surface area contributed by atoms with Gasteiger partial charge in [-0.25, -0.2) is 0 Å². The van der Waals surface area contributed by atoms with Crippen molar-refractivity contribution in [2.45, 2.75) is 32.6 Å². The lowest BCUT2D eigenvalue weighted by Crippen LogP contribution is -2.49. The molecule has 0 N–H and O–H groups in total. The Labute approximate surface area is 140 Å². The normalized spacial score (nSPS) is 20.9.